The van der Waals surface area contributed by atoms with Crippen molar-refractivity contribution in [3.63, 3.8) is 0 Å². The van der Waals surface area contributed by atoms with Crippen LogP contribution in [-0.4, -0.2) is 28.0 Å². The number of nitrogens with two attached hydrogens (primary N) is 1. The Labute approximate surface area is 96.5 Å². The number of thiazole rings is 1. The Kier molecular flexibility index (Phi) is 4.24. The van der Waals surface area contributed by atoms with Crippen LogP contribution < -0.4 is 11.1 Å². The van der Waals surface area contributed by atoms with E-state index in [1.54, 1.807) is 12.3 Å². The minimum atomic E-state index is -0.876. The second-order valence-corrected chi connectivity index (χ2v) is 4.27. The van der Waals surface area contributed by atoms with E-state index in [0.29, 0.717) is 11.6 Å². The first-order chi connectivity index (χ1) is 7.49. The summed E-state index contributed by atoms with van der Waals surface area (Å²) >= 11 is 1.19. The monoisotopic (exact) mass is 243 g/mol. The van der Waals surface area contributed by atoms with Gasteiger partial charge in [0, 0.05) is 17.8 Å². The number of carboxylic acid groups (broad SMARTS) is 1. The highest BCUT2D eigenvalue weighted by molar-refractivity contribution is 7.13. The van der Waals surface area contributed by atoms with Crippen molar-refractivity contribution >= 4 is 28.3 Å². The molecular formula is C9H13N3O3S. The maximum absolute atomic E-state index is 11.5. The molecule has 7 heteroatoms. The second-order valence-electron chi connectivity index (χ2n) is 3.38. The van der Waals surface area contributed by atoms with Crippen LogP contribution in [0.4, 0.5) is 5.13 Å². The molecule has 16 heavy (non-hydrogen) atoms. The van der Waals surface area contributed by atoms with Gasteiger partial charge in [-0.1, -0.05) is 0 Å². The summed E-state index contributed by atoms with van der Waals surface area (Å²) in [5.41, 5.74) is 5.66. The standard InChI is InChI=1S/C9H13N3O3S/c1-5(2-3-7(13)14)11-8(15)6-4-16-9(10)12-6/h4-5H,2-3H2,1H3,(H2,10,12)(H,11,15)(H,13,14). The molecule has 1 rings (SSSR count). The first-order valence-electron chi connectivity index (χ1n) is 4.72. The van der Waals surface area contributed by atoms with E-state index in [1.165, 1.54) is 11.3 Å². The van der Waals surface area contributed by atoms with Gasteiger partial charge in [-0.3, -0.25) is 9.59 Å². The summed E-state index contributed by atoms with van der Waals surface area (Å²) in [5.74, 6) is -1.20. The molecule has 0 spiro atoms. The van der Waals surface area contributed by atoms with E-state index in [4.69, 9.17) is 10.8 Å². The Morgan fingerprint density at radius 1 is 1.69 bits per heavy atom. The van der Waals surface area contributed by atoms with E-state index in [-0.39, 0.29) is 24.1 Å². The fourth-order valence-electron chi connectivity index (χ4n) is 1.10. The zero-order valence-corrected chi connectivity index (χ0v) is 9.58. The number of anilines is 1. The molecule has 0 radical (unpaired) electrons. The van der Waals surface area contributed by atoms with Crippen LogP contribution in [0.1, 0.15) is 30.3 Å². The number of hydrogen-bond acceptors (Lipinski definition) is 5. The Morgan fingerprint density at radius 3 is 2.88 bits per heavy atom. The third-order valence-electron chi connectivity index (χ3n) is 1.92. The number of carboxylic acids is 1. The highest BCUT2D eigenvalue weighted by Crippen LogP contribution is 2.11. The molecule has 0 aromatic carbocycles. The van der Waals surface area contributed by atoms with E-state index in [0.717, 1.165) is 0 Å². The largest absolute Gasteiger partial charge is 0.481 e. The van der Waals surface area contributed by atoms with Gasteiger partial charge in [-0.15, -0.1) is 11.3 Å². The summed E-state index contributed by atoms with van der Waals surface area (Å²) < 4.78 is 0. The number of nitrogens with zero attached hydrogens (tertiary/aromatic N) is 1. The van der Waals surface area contributed by atoms with Crippen molar-refractivity contribution in [1.82, 2.24) is 10.3 Å². The van der Waals surface area contributed by atoms with Crippen LogP contribution in [0.2, 0.25) is 0 Å². The number of aromatic nitrogens is 1. The molecule has 0 saturated heterocycles. The summed E-state index contributed by atoms with van der Waals surface area (Å²) in [5, 5.41) is 13.0. The first-order valence-corrected chi connectivity index (χ1v) is 5.60. The van der Waals surface area contributed by atoms with Gasteiger partial charge in [-0.05, 0) is 13.3 Å². The lowest BCUT2D eigenvalue weighted by molar-refractivity contribution is -0.137. The third-order valence-corrected chi connectivity index (χ3v) is 2.60. The van der Waals surface area contributed by atoms with Crippen LogP contribution in [0.5, 0.6) is 0 Å². The van der Waals surface area contributed by atoms with Crippen molar-refractivity contribution in [2.24, 2.45) is 0 Å². The van der Waals surface area contributed by atoms with E-state index < -0.39 is 5.97 Å². The quantitative estimate of drug-likeness (QED) is 0.706. The summed E-state index contributed by atoms with van der Waals surface area (Å²) in [4.78, 5) is 25.7. The topological polar surface area (TPSA) is 105 Å². The Balaban J connectivity index is 2.42. The molecule has 1 atom stereocenters. The maximum Gasteiger partial charge on any atom is 0.303 e. The average Bonchev–Trinajstić information content (AvgIpc) is 2.62. The fraction of sp³-hybridized carbons (Fsp3) is 0.444. The van der Waals surface area contributed by atoms with E-state index >= 15 is 0 Å². The summed E-state index contributed by atoms with van der Waals surface area (Å²) in [6.45, 7) is 1.75. The molecule has 1 aromatic rings. The van der Waals surface area contributed by atoms with E-state index in [2.05, 4.69) is 10.3 Å². The minimum Gasteiger partial charge on any atom is -0.481 e. The van der Waals surface area contributed by atoms with E-state index in [9.17, 15) is 9.59 Å². The third kappa shape index (κ3) is 3.85. The van der Waals surface area contributed by atoms with Gasteiger partial charge in [0.05, 0.1) is 0 Å². The van der Waals surface area contributed by atoms with Crippen LogP contribution in [0.3, 0.4) is 0 Å². The van der Waals surface area contributed by atoms with Gasteiger partial charge in [0.1, 0.15) is 5.69 Å². The Hall–Kier alpha value is -1.63. The van der Waals surface area contributed by atoms with Gasteiger partial charge in [-0.2, -0.15) is 0 Å². The summed E-state index contributed by atoms with van der Waals surface area (Å²) in [7, 11) is 0. The predicted molar refractivity (Wildman–Crippen MR) is 60.3 cm³/mol. The summed E-state index contributed by atoms with van der Waals surface area (Å²) in [6, 6.07) is -0.202. The van der Waals surface area contributed by atoms with Crippen LogP contribution in [0.25, 0.3) is 0 Å². The SMILES string of the molecule is CC(CCC(=O)O)NC(=O)c1csc(N)n1. The van der Waals surface area contributed by atoms with E-state index in [1.807, 2.05) is 0 Å². The van der Waals surface area contributed by atoms with Crippen molar-refractivity contribution in [3.8, 4) is 0 Å². The molecule has 1 amide bonds. The van der Waals surface area contributed by atoms with Gasteiger partial charge in [0.25, 0.3) is 5.91 Å². The number of hydrogen-bond donors (Lipinski definition) is 3. The molecule has 88 valence electrons. The summed E-state index contributed by atoms with van der Waals surface area (Å²) in [6.07, 6.45) is 0.418. The van der Waals surface area contributed by atoms with Crippen molar-refractivity contribution in [3.05, 3.63) is 11.1 Å². The van der Waals surface area contributed by atoms with Gasteiger partial charge in [-0.25, -0.2) is 4.98 Å². The van der Waals surface area contributed by atoms with Crippen molar-refractivity contribution in [2.75, 3.05) is 5.73 Å². The lowest BCUT2D eigenvalue weighted by Gasteiger charge is -2.11. The van der Waals surface area contributed by atoms with Gasteiger partial charge >= 0.3 is 5.97 Å². The number of nitrogen functional groups attached to an aromatic ring is 1. The number of carbonyl (C=O) groups excluding carboxylic acids is 1. The molecule has 1 aromatic heterocycles. The van der Waals surface area contributed by atoms with Gasteiger partial charge in [0.2, 0.25) is 0 Å². The number of amides is 1. The minimum absolute atomic E-state index is 0.0284. The zero-order valence-electron chi connectivity index (χ0n) is 8.77. The molecule has 0 aliphatic carbocycles. The molecule has 1 unspecified atom stereocenters. The van der Waals surface area contributed by atoms with Crippen molar-refractivity contribution in [2.45, 2.75) is 25.8 Å². The average molecular weight is 243 g/mol. The maximum atomic E-state index is 11.5. The second kappa shape index (κ2) is 5.45. The number of rotatable bonds is 5. The zero-order chi connectivity index (χ0) is 12.1. The molecular weight excluding hydrogens is 230 g/mol. The molecule has 6 nitrogen and oxygen atoms in total. The molecule has 1 heterocycles. The fourth-order valence-corrected chi connectivity index (χ4v) is 1.64. The molecule has 0 fully saturated rings. The Bertz CT molecular complexity index is 391. The van der Waals surface area contributed by atoms with Crippen molar-refractivity contribution < 1.29 is 14.7 Å². The van der Waals surface area contributed by atoms with Crippen LogP contribution in [-0.2, 0) is 4.79 Å². The molecule has 0 saturated carbocycles. The number of nitrogens with one attached hydrogen (secondary N) is 1. The highest BCUT2D eigenvalue weighted by atomic mass is 32.1. The smallest absolute Gasteiger partial charge is 0.303 e. The number of carbonyl (C=O) groups is 2. The molecule has 0 aliphatic rings. The van der Waals surface area contributed by atoms with Gasteiger partial charge in [0.15, 0.2) is 5.13 Å². The lowest BCUT2D eigenvalue weighted by atomic mass is 10.2. The van der Waals surface area contributed by atoms with Gasteiger partial charge < -0.3 is 16.2 Å². The van der Waals surface area contributed by atoms with Crippen LogP contribution >= 0.6 is 11.3 Å². The predicted octanol–water partition coefficient (Wildman–Crippen LogP) is 0.708. The molecule has 0 bridgehead atoms. The van der Waals surface area contributed by atoms with Crippen LogP contribution in [0.15, 0.2) is 5.38 Å². The first kappa shape index (κ1) is 12.4. The highest BCUT2D eigenvalue weighted by Gasteiger charge is 2.13. The lowest BCUT2D eigenvalue weighted by Crippen LogP contribution is -2.33. The molecule has 0 aliphatic heterocycles. The number of aliphatic carboxylic acids is 1. The normalized spacial score (nSPS) is 12.1. The van der Waals surface area contributed by atoms with Crippen LogP contribution in [0, 0.1) is 0 Å². The van der Waals surface area contributed by atoms with Crippen molar-refractivity contribution in [1.29, 1.82) is 0 Å². The Morgan fingerprint density at radius 2 is 2.38 bits per heavy atom. The molecule has 4 N–H and O–H groups in total.